The minimum absolute atomic E-state index is 0.0102. The van der Waals surface area contributed by atoms with Crippen molar-refractivity contribution in [3.8, 4) is 22.0 Å². The van der Waals surface area contributed by atoms with Gasteiger partial charge in [-0.1, -0.05) is 51.1 Å². The van der Waals surface area contributed by atoms with Gasteiger partial charge in [-0.2, -0.15) is 0 Å². The van der Waals surface area contributed by atoms with E-state index in [2.05, 4.69) is 46.7 Å². The summed E-state index contributed by atoms with van der Waals surface area (Å²) in [5, 5.41) is 31.5. The Morgan fingerprint density at radius 1 is 0.914 bits per heavy atom. The fourth-order valence-electron chi connectivity index (χ4n) is 7.51. The maximum absolute atomic E-state index is 14.8. The molecule has 1 aliphatic rings. The number of hydrogen-bond acceptors (Lipinski definition) is 13. The van der Waals surface area contributed by atoms with Gasteiger partial charge < -0.3 is 45.9 Å². The van der Waals surface area contributed by atoms with Crippen LogP contribution in [0.25, 0.3) is 22.0 Å². The summed E-state index contributed by atoms with van der Waals surface area (Å²) in [6.07, 6.45) is -0.130. The fraction of sp³-hybridized carbons (Fsp3) is 0.417. The number of anilines is 2. The maximum Gasteiger partial charge on any atom is 0.259 e. The Morgan fingerprint density at radius 3 is 2.36 bits per heavy atom. The topological polar surface area (TPSA) is 252 Å². The number of hydrogen-bond donors (Lipinski definition) is 6. The number of pyridine rings is 1. The Hall–Kier alpha value is -7.04. The van der Waals surface area contributed by atoms with Crippen molar-refractivity contribution in [1.82, 2.24) is 45.6 Å². The van der Waals surface area contributed by atoms with E-state index >= 15 is 0 Å². The molecule has 0 aliphatic carbocycles. The molecule has 1 saturated heterocycles. The van der Waals surface area contributed by atoms with E-state index in [9.17, 15) is 42.7 Å². The van der Waals surface area contributed by atoms with E-state index in [0.29, 0.717) is 17.6 Å². The third-order valence-electron chi connectivity index (χ3n) is 11.3. The SMILES string of the molecule is Cc1ncsc1-c1ccc(CNC(=O)[C@@H]2C[C@@H](O)CN2C(=O)[C@H](NC(=O)CCOCCNC(=O)CCC(=O)Nc2cc(C(=O)Nc3cccc(-c4nncn4C(C)C)n3)c(F)cc2F)C(C)(C)C)cc1. The Kier molecular flexibility index (Phi) is 17.6. The van der Waals surface area contributed by atoms with Crippen LogP contribution in [0.3, 0.4) is 0 Å². The van der Waals surface area contributed by atoms with E-state index < -0.39 is 81.9 Å². The van der Waals surface area contributed by atoms with Crippen LogP contribution in [-0.4, -0.2) is 115 Å². The summed E-state index contributed by atoms with van der Waals surface area (Å²) in [6.45, 7) is 11.3. The first-order chi connectivity index (χ1) is 33.3. The summed E-state index contributed by atoms with van der Waals surface area (Å²) in [7, 11) is 0. The van der Waals surface area contributed by atoms with Crippen molar-refractivity contribution in [2.24, 2.45) is 5.41 Å². The van der Waals surface area contributed by atoms with Crippen LogP contribution >= 0.6 is 11.3 Å². The molecule has 372 valence electrons. The molecule has 4 heterocycles. The zero-order valence-electron chi connectivity index (χ0n) is 39.7. The molecule has 3 atom stereocenters. The van der Waals surface area contributed by atoms with E-state index in [0.717, 1.165) is 27.8 Å². The number of benzene rings is 2. The van der Waals surface area contributed by atoms with Crippen molar-refractivity contribution in [3.63, 3.8) is 0 Å². The van der Waals surface area contributed by atoms with Gasteiger partial charge >= 0.3 is 0 Å². The Labute approximate surface area is 407 Å². The van der Waals surface area contributed by atoms with Crippen LogP contribution in [0.2, 0.25) is 0 Å². The van der Waals surface area contributed by atoms with Gasteiger partial charge in [0.1, 0.15) is 41.6 Å². The van der Waals surface area contributed by atoms with Crippen molar-refractivity contribution >= 4 is 58.3 Å². The van der Waals surface area contributed by atoms with Gasteiger partial charge in [-0.3, -0.25) is 28.8 Å². The van der Waals surface area contributed by atoms with E-state index in [1.54, 1.807) is 60.6 Å². The molecule has 0 spiro atoms. The molecule has 2 aromatic carbocycles. The lowest BCUT2D eigenvalue weighted by molar-refractivity contribution is -0.144. The van der Waals surface area contributed by atoms with Crippen LogP contribution in [0, 0.1) is 24.0 Å². The molecule has 6 amide bonds. The van der Waals surface area contributed by atoms with Gasteiger partial charge in [0.15, 0.2) is 5.82 Å². The van der Waals surface area contributed by atoms with Gasteiger partial charge in [0.25, 0.3) is 5.91 Å². The van der Waals surface area contributed by atoms with Crippen LogP contribution in [0.15, 0.2) is 66.4 Å². The summed E-state index contributed by atoms with van der Waals surface area (Å²) in [5.41, 5.74) is 3.18. The second-order valence-electron chi connectivity index (χ2n) is 18.0. The van der Waals surface area contributed by atoms with Crippen molar-refractivity contribution in [2.75, 3.05) is 36.9 Å². The van der Waals surface area contributed by atoms with Gasteiger partial charge in [0, 0.05) is 57.4 Å². The van der Waals surface area contributed by atoms with Crippen LogP contribution in [-0.2, 0) is 35.3 Å². The fourth-order valence-corrected chi connectivity index (χ4v) is 8.32. The smallest absolute Gasteiger partial charge is 0.259 e. The number of halogens is 2. The quantitative estimate of drug-likeness (QED) is 0.0568. The minimum Gasteiger partial charge on any atom is -0.391 e. The number of aromatic nitrogens is 5. The molecule has 0 saturated carbocycles. The molecule has 19 nitrogen and oxygen atoms in total. The number of aliphatic hydroxyl groups is 1. The van der Waals surface area contributed by atoms with Gasteiger partial charge in [-0.25, -0.2) is 18.7 Å². The lowest BCUT2D eigenvalue weighted by Gasteiger charge is -2.35. The van der Waals surface area contributed by atoms with E-state index in [4.69, 9.17) is 4.74 Å². The summed E-state index contributed by atoms with van der Waals surface area (Å²) >= 11 is 1.55. The highest BCUT2D eigenvalue weighted by molar-refractivity contribution is 7.13. The van der Waals surface area contributed by atoms with Gasteiger partial charge in [-0.15, -0.1) is 21.5 Å². The molecule has 70 heavy (non-hydrogen) atoms. The monoisotopic (exact) mass is 985 g/mol. The van der Waals surface area contributed by atoms with Crippen molar-refractivity contribution < 1.29 is 47.4 Å². The highest BCUT2D eigenvalue weighted by atomic mass is 32.1. The molecule has 1 aliphatic heterocycles. The Morgan fingerprint density at radius 2 is 1.66 bits per heavy atom. The standard InChI is InChI=1S/C48H57F2N11O8S/c1-27(2)61-25-54-59-44(61)35-8-7-9-38(55-35)57-45(66)32-21-36(34(50)22-33(32)49)56-40(64)15-14-39(63)51-17-19-69-18-16-41(65)58-43(48(4,5)6)47(68)60-24-31(62)20-37(60)46(67)52-23-29-10-12-30(13-11-29)42-28(3)53-26-70-42/h7-13,21-22,25-27,31,37,43,62H,14-20,23-24H2,1-6H3,(H,51,63)(H,52,67)(H,56,64)(H,58,65)(H,55,57,66)/t31-,37+,43+/m1/s1. The number of β-amino-alcohol motifs (C(OH)–C–C–N with tert-alkyl or cyclic N) is 1. The third-order valence-corrected chi connectivity index (χ3v) is 12.2. The molecule has 6 N–H and O–H groups in total. The molecular weight excluding hydrogens is 929 g/mol. The summed E-state index contributed by atoms with van der Waals surface area (Å²) in [4.78, 5) is 89.7. The van der Waals surface area contributed by atoms with E-state index in [1.165, 1.54) is 11.0 Å². The second-order valence-corrected chi connectivity index (χ2v) is 18.9. The minimum atomic E-state index is -1.18. The number of amides is 6. The number of aliphatic hydroxyl groups excluding tert-OH is 1. The summed E-state index contributed by atoms with van der Waals surface area (Å²) < 4.78 is 36.8. The number of rotatable bonds is 20. The molecule has 0 bridgehead atoms. The van der Waals surface area contributed by atoms with Crippen molar-refractivity contribution in [1.29, 1.82) is 0 Å². The van der Waals surface area contributed by atoms with E-state index in [-0.39, 0.29) is 70.4 Å². The Bertz CT molecular complexity index is 2690. The molecule has 0 unspecified atom stereocenters. The van der Waals surface area contributed by atoms with Crippen LogP contribution in [0.1, 0.15) is 88.0 Å². The van der Waals surface area contributed by atoms with Crippen LogP contribution in [0.5, 0.6) is 0 Å². The van der Waals surface area contributed by atoms with Crippen molar-refractivity contribution in [3.05, 3.63) is 94.9 Å². The second kappa shape index (κ2) is 23.5. The van der Waals surface area contributed by atoms with Crippen molar-refractivity contribution in [2.45, 2.75) is 98.0 Å². The summed E-state index contributed by atoms with van der Waals surface area (Å²) in [6, 6.07) is 11.8. The Balaban J connectivity index is 0.898. The molecule has 6 rings (SSSR count). The van der Waals surface area contributed by atoms with Gasteiger partial charge in [0.05, 0.1) is 46.7 Å². The molecule has 1 fully saturated rings. The first kappa shape index (κ1) is 52.3. The highest BCUT2D eigenvalue weighted by Gasteiger charge is 2.44. The largest absolute Gasteiger partial charge is 0.391 e. The molecule has 0 radical (unpaired) electrons. The highest BCUT2D eigenvalue weighted by Crippen LogP contribution is 2.29. The van der Waals surface area contributed by atoms with Crippen LogP contribution in [0.4, 0.5) is 20.3 Å². The zero-order valence-corrected chi connectivity index (χ0v) is 40.5. The average Bonchev–Trinajstić information content (AvgIpc) is 4.09. The first-order valence-corrected chi connectivity index (χ1v) is 23.5. The average molecular weight is 986 g/mol. The lowest BCUT2D eigenvalue weighted by Crippen LogP contribution is -2.57. The molecular formula is C48H57F2N11O8S. The maximum atomic E-state index is 14.8. The predicted octanol–water partition coefficient (Wildman–Crippen LogP) is 4.93. The zero-order chi connectivity index (χ0) is 50.7. The van der Waals surface area contributed by atoms with Gasteiger partial charge in [0.2, 0.25) is 29.5 Å². The first-order valence-electron chi connectivity index (χ1n) is 22.7. The molecule has 3 aromatic heterocycles. The summed E-state index contributed by atoms with van der Waals surface area (Å²) in [5.74, 6) is -5.48. The number of likely N-dealkylation sites (tertiary alicyclic amines) is 1. The lowest BCUT2D eigenvalue weighted by atomic mass is 9.85. The number of nitrogens with one attached hydrogen (secondary N) is 5. The number of aryl methyl sites for hydroxylation is 1. The normalized spacial score (nSPS) is 15.1. The number of carbonyl (C=O) groups is 6. The molecule has 5 aromatic rings. The van der Waals surface area contributed by atoms with Gasteiger partial charge in [-0.05, 0) is 55.5 Å². The number of thiazole rings is 1. The molecule has 22 heteroatoms. The van der Waals surface area contributed by atoms with Crippen LogP contribution < -0.4 is 26.6 Å². The number of ether oxygens (including phenoxy) is 1. The van der Waals surface area contributed by atoms with E-state index in [1.807, 2.05) is 45.0 Å². The number of carbonyl (C=O) groups excluding carboxylic acids is 6. The predicted molar refractivity (Wildman–Crippen MR) is 256 cm³/mol. The number of nitrogens with zero attached hydrogens (tertiary/aromatic N) is 6. The third kappa shape index (κ3) is 13.8.